The maximum atomic E-state index is 12.2. The zero-order valence-electron chi connectivity index (χ0n) is 10.7. The van der Waals surface area contributed by atoms with E-state index in [2.05, 4.69) is 10.6 Å². The summed E-state index contributed by atoms with van der Waals surface area (Å²) in [5.41, 5.74) is -1.000. The summed E-state index contributed by atoms with van der Waals surface area (Å²) in [6, 6.07) is 0. The standard InChI is InChI=1S/C13H22N2O3/c16-11(10-4-8-14-9-5-10)15-13(12(17)18)6-2-1-3-7-13/h10,14H,1-9H2,(H,15,16)(H,17,18). The molecule has 1 aliphatic carbocycles. The van der Waals surface area contributed by atoms with Gasteiger partial charge in [-0.25, -0.2) is 4.79 Å². The molecule has 0 aromatic rings. The largest absolute Gasteiger partial charge is 0.480 e. The van der Waals surface area contributed by atoms with Crippen LogP contribution in [0.1, 0.15) is 44.9 Å². The predicted octanol–water partition coefficient (Wildman–Crippen LogP) is 0.890. The van der Waals surface area contributed by atoms with E-state index in [-0.39, 0.29) is 11.8 Å². The number of carbonyl (C=O) groups excluding carboxylic acids is 1. The Hall–Kier alpha value is -1.10. The van der Waals surface area contributed by atoms with Crippen LogP contribution in [-0.4, -0.2) is 35.6 Å². The summed E-state index contributed by atoms with van der Waals surface area (Å²) >= 11 is 0. The van der Waals surface area contributed by atoms with Gasteiger partial charge in [-0.15, -0.1) is 0 Å². The molecule has 0 spiro atoms. The number of carbonyl (C=O) groups is 2. The molecule has 1 saturated heterocycles. The van der Waals surface area contributed by atoms with Gasteiger partial charge in [-0.3, -0.25) is 4.79 Å². The molecule has 0 atom stereocenters. The molecular formula is C13H22N2O3. The van der Waals surface area contributed by atoms with Gasteiger partial charge in [0.2, 0.25) is 5.91 Å². The summed E-state index contributed by atoms with van der Waals surface area (Å²) < 4.78 is 0. The van der Waals surface area contributed by atoms with Crippen LogP contribution in [0.15, 0.2) is 0 Å². The molecule has 2 rings (SSSR count). The van der Waals surface area contributed by atoms with E-state index in [9.17, 15) is 14.7 Å². The van der Waals surface area contributed by atoms with E-state index >= 15 is 0 Å². The summed E-state index contributed by atoms with van der Waals surface area (Å²) in [5.74, 6) is -0.963. The SMILES string of the molecule is O=C(NC1(C(=O)O)CCCCC1)C1CCNCC1. The van der Waals surface area contributed by atoms with Crippen LogP contribution in [0, 0.1) is 5.92 Å². The zero-order chi connectivity index (χ0) is 13.0. The van der Waals surface area contributed by atoms with E-state index in [1.54, 1.807) is 0 Å². The number of aliphatic carboxylic acids is 1. The number of nitrogens with one attached hydrogen (secondary N) is 2. The second-order valence-corrected chi connectivity index (χ2v) is 5.46. The molecule has 1 amide bonds. The van der Waals surface area contributed by atoms with Crippen molar-refractivity contribution in [3.8, 4) is 0 Å². The van der Waals surface area contributed by atoms with Gasteiger partial charge in [0.05, 0.1) is 0 Å². The van der Waals surface area contributed by atoms with Crippen LogP contribution in [0.5, 0.6) is 0 Å². The zero-order valence-corrected chi connectivity index (χ0v) is 10.7. The molecule has 2 aliphatic rings. The molecule has 102 valence electrons. The van der Waals surface area contributed by atoms with E-state index in [0.29, 0.717) is 12.8 Å². The Morgan fingerprint density at radius 3 is 2.28 bits per heavy atom. The minimum absolute atomic E-state index is 0.0237. The first kappa shape index (κ1) is 13.3. The highest BCUT2D eigenvalue weighted by Gasteiger charge is 2.42. The molecule has 5 nitrogen and oxygen atoms in total. The monoisotopic (exact) mass is 254 g/mol. The van der Waals surface area contributed by atoms with Gasteiger partial charge < -0.3 is 15.7 Å². The molecule has 0 aromatic carbocycles. The molecule has 1 saturated carbocycles. The fourth-order valence-electron chi connectivity index (χ4n) is 2.97. The lowest BCUT2D eigenvalue weighted by atomic mass is 9.81. The van der Waals surface area contributed by atoms with Gasteiger partial charge in [-0.1, -0.05) is 19.3 Å². The molecule has 0 bridgehead atoms. The van der Waals surface area contributed by atoms with Gasteiger partial charge in [-0.2, -0.15) is 0 Å². The number of hydrogen-bond acceptors (Lipinski definition) is 3. The summed E-state index contributed by atoms with van der Waals surface area (Å²) in [6.07, 6.45) is 5.59. The molecule has 3 N–H and O–H groups in total. The highest BCUT2D eigenvalue weighted by Crippen LogP contribution is 2.29. The van der Waals surface area contributed by atoms with Crippen LogP contribution >= 0.6 is 0 Å². The molecule has 2 fully saturated rings. The molecule has 0 radical (unpaired) electrons. The molecule has 0 unspecified atom stereocenters. The van der Waals surface area contributed by atoms with Crippen molar-refractivity contribution < 1.29 is 14.7 Å². The topological polar surface area (TPSA) is 78.4 Å². The Kier molecular flexibility index (Phi) is 4.22. The number of carboxylic acid groups (broad SMARTS) is 1. The molecule has 1 aliphatic heterocycles. The Balaban J connectivity index is 1.99. The molecule has 1 heterocycles. The van der Waals surface area contributed by atoms with Crippen molar-refractivity contribution >= 4 is 11.9 Å². The van der Waals surface area contributed by atoms with Gasteiger partial charge in [0.25, 0.3) is 0 Å². The second kappa shape index (κ2) is 5.69. The van der Waals surface area contributed by atoms with E-state index in [4.69, 9.17) is 0 Å². The maximum absolute atomic E-state index is 12.2. The first-order valence-electron chi connectivity index (χ1n) is 6.90. The fraction of sp³-hybridized carbons (Fsp3) is 0.846. The Morgan fingerprint density at radius 1 is 1.11 bits per heavy atom. The number of carboxylic acids is 1. The third-order valence-electron chi connectivity index (χ3n) is 4.19. The van der Waals surface area contributed by atoms with Crippen molar-refractivity contribution in [1.82, 2.24) is 10.6 Å². The van der Waals surface area contributed by atoms with E-state index in [1.165, 1.54) is 0 Å². The van der Waals surface area contributed by atoms with Crippen LogP contribution in [0.25, 0.3) is 0 Å². The highest BCUT2D eigenvalue weighted by atomic mass is 16.4. The molecule has 5 heteroatoms. The van der Waals surface area contributed by atoms with Crippen molar-refractivity contribution in [2.75, 3.05) is 13.1 Å². The maximum Gasteiger partial charge on any atom is 0.329 e. The van der Waals surface area contributed by atoms with Gasteiger partial charge >= 0.3 is 5.97 Å². The fourth-order valence-corrected chi connectivity index (χ4v) is 2.97. The van der Waals surface area contributed by atoms with Gasteiger partial charge in [0.15, 0.2) is 0 Å². The van der Waals surface area contributed by atoms with Crippen molar-refractivity contribution in [1.29, 1.82) is 0 Å². The summed E-state index contributed by atoms with van der Waals surface area (Å²) in [4.78, 5) is 23.6. The minimum Gasteiger partial charge on any atom is -0.480 e. The normalized spacial score (nSPS) is 24.4. The van der Waals surface area contributed by atoms with E-state index < -0.39 is 11.5 Å². The van der Waals surface area contributed by atoms with Crippen molar-refractivity contribution in [3.05, 3.63) is 0 Å². The molecule has 0 aromatic heterocycles. The lowest BCUT2D eigenvalue weighted by molar-refractivity contribution is -0.150. The number of hydrogen-bond donors (Lipinski definition) is 3. The quantitative estimate of drug-likeness (QED) is 0.699. The van der Waals surface area contributed by atoms with Crippen LogP contribution in [0.2, 0.25) is 0 Å². The smallest absolute Gasteiger partial charge is 0.329 e. The van der Waals surface area contributed by atoms with Crippen molar-refractivity contribution in [3.63, 3.8) is 0 Å². The van der Waals surface area contributed by atoms with Crippen LogP contribution in [0.4, 0.5) is 0 Å². The lowest BCUT2D eigenvalue weighted by Gasteiger charge is -2.35. The minimum atomic E-state index is -1.000. The second-order valence-electron chi connectivity index (χ2n) is 5.46. The Morgan fingerprint density at radius 2 is 1.72 bits per heavy atom. The molecule has 18 heavy (non-hydrogen) atoms. The van der Waals surface area contributed by atoms with Crippen LogP contribution in [-0.2, 0) is 9.59 Å². The lowest BCUT2D eigenvalue weighted by Crippen LogP contribution is -2.57. The van der Waals surface area contributed by atoms with Gasteiger partial charge in [0.1, 0.15) is 5.54 Å². The number of piperidine rings is 1. The number of amides is 1. The predicted molar refractivity (Wildman–Crippen MR) is 67.2 cm³/mol. The Labute approximate surface area is 107 Å². The summed E-state index contributed by atoms with van der Waals surface area (Å²) in [5, 5.41) is 15.5. The summed E-state index contributed by atoms with van der Waals surface area (Å²) in [7, 11) is 0. The first-order chi connectivity index (χ1) is 8.64. The average Bonchev–Trinajstić information content (AvgIpc) is 2.40. The highest BCUT2D eigenvalue weighted by molar-refractivity contribution is 5.88. The van der Waals surface area contributed by atoms with E-state index in [0.717, 1.165) is 45.2 Å². The average molecular weight is 254 g/mol. The first-order valence-corrected chi connectivity index (χ1v) is 6.90. The van der Waals surface area contributed by atoms with Gasteiger partial charge in [-0.05, 0) is 38.8 Å². The Bertz CT molecular complexity index is 318. The number of rotatable bonds is 3. The van der Waals surface area contributed by atoms with Gasteiger partial charge in [0, 0.05) is 5.92 Å². The third-order valence-corrected chi connectivity index (χ3v) is 4.19. The third kappa shape index (κ3) is 2.83. The van der Waals surface area contributed by atoms with E-state index in [1.807, 2.05) is 0 Å². The molecular weight excluding hydrogens is 232 g/mol. The van der Waals surface area contributed by atoms with Crippen molar-refractivity contribution in [2.24, 2.45) is 5.92 Å². The van der Waals surface area contributed by atoms with Crippen molar-refractivity contribution in [2.45, 2.75) is 50.5 Å². The van der Waals surface area contributed by atoms with Crippen LogP contribution < -0.4 is 10.6 Å². The van der Waals surface area contributed by atoms with Crippen LogP contribution in [0.3, 0.4) is 0 Å². The summed E-state index contributed by atoms with van der Waals surface area (Å²) in [6.45, 7) is 1.69.